The largest absolute Gasteiger partial charge is 0.364 e. The first kappa shape index (κ1) is 16.6. The molecule has 2 N–H and O–H groups in total. The van der Waals surface area contributed by atoms with E-state index < -0.39 is 0 Å². The Balaban J connectivity index is 2.04. The van der Waals surface area contributed by atoms with E-state index in [0.29, 0.717) is 17.1 Å². The number of benzene rings is 1. The summed E-state index contributed by atoms with van der Waals surface area (Å²) < 4.78 is 0. The van der Waals surface area contributed by atoms with E-state index in [0.717, 1.165) is 0 Å². The molecule has 0 saturated carbocycles. The summed E-state index contributed by atoms with van der Waals surface area (Å²) in [6, 6.07) is 10.0. The summed E-state index contributed by atoms with van der Waals surface area (Å²) in [6.45, 7) is 7.54. The van der Waals surface area contributed by atoms with Crippen LogP contribution in [0.4, 0.5) is 11.5 Å². The van der Waals surface area contributed by atoms with E-state index in [1.807, 2.05) is 20.8 Å². The molecule has 0 aliphatic carbocycles. The van der Waals surface area contributed by atoms with Crippen molar-refractivity contribution in [1.82, 2.24) is 10.2 Å². The van der Waals surface area contributed by atoms with E-state index in [9.17, 15) is 9.59 Å². The monoisotopic (exact) mass is 312 g/mol. The Kier molecular flexibility index (Phi) is 4.74. The highest BCUT2D eigenvalue weighted by Crippen LogP contribution is 2.13. The molecule has 0 radical (unpaired) electrons. The minimum atomic E-state index is -0.351. The number of aromatic nitrogens is 2. The van der Waals surface area contributed by atoms with Crippen molar-refractivity contribution in [2.75, 3.05) is 10.6 Å². The molecule has 0 saturated heterocycles. The second-order valence-electron chi connectivity index (χ2n) is 6.27. The number of rotatable bonds is 4. The van der Waals surface area contributed by atoms with Crippen molar-refractivity contribution < 1.29 is 9.59 Å². The Morgan fingerprint density at radius 3 is 2.09 bits per heavy atom. The highest BCUT2D eigenvalue weighted by atomic mass is 16.2. The highest BCUT2D eigenvalue weighted by molar-refractivity contribution is 6.03. The Morgan fingerprint density at radius 1 is 0.957 bits per heavy atom. The van der Waals surface area contributed by atoms with E-state index in [4.69, 9.17) is 0 Å². The topological polar surface area (TPSA) is 84.0 Å². The van der Waals surface area contributed by atoms with Crippen molar-refractivity contribution in [2.45, 2.75) is 33.2 Å². The predicted molar refractivity (Wildman–Crippen MR) is 89.8 cm³/mol. The van der Waals surface area contributed by atoms with Crippen molar-refractivity contribution >= 4 is 23.2 Å². The number of hydrogen-bond donors (Lipinski definition) is 2. The molecule has 6 nitrogen and oxygen atoms in total. The average molecular weight is 312 g/mol. The first-order chi connectivity index (χ1) is 10.7. The maximum absolute atomic E-state index is 12.1. The lowest BCUT2D eigenvalue weighted by atomic mass is 10.1. The summed E-state index contributed by atoms with van der Waals surface area (Å²) in [5.74, 6) is 0.242. The van der Waals surface area contributed by atoms with Crippen molar-refractivity contribution in [3.05, 3.63) is 47.7 Å². The molecule has 1 aromatic carbocycles. The van der Waals surface area contributed by atoms with Crippen molar-refractivity contribution in [3.8, 4) is 0 Å². The fraction of sp³-hybridized carbons (Fsp3) is 0.294. The van der Waals surface area contributed by atoms with Crippen LogP contribution >= 0.6 is 0 Å². The van der Waals surface area contributed by atoms with Gasteiger partial charge in [-0.05, 0) is 64.1 Å². The molecule has 1 amide bonds. The second-order valence-corrected chi connectivity index (χ2v) is 6.27. The zero-order chi connectivity index (χ0) is 17.0. The lowest BCUT2D eigenvalue weighted by molar-refractivity contribution is 0.101. The minimum Gasteiger partial charge on any atom is -0.364 e. The lowest BCUT2D eigenvalue weighted by Crippen LogP contribution is -2.27. The molecule has 2 aromatic rings. The fourth-order valence-corrected chi connectivity index (χ4v) is 1.89. The molecule has 0 aliphatic heterocycles. The number of carbonyl (C=O) groups excluding carboxylic acids is 2. The number of ketones is 1. The van der Waals surface area contributed by atoms with Gasteiger partial charge in [-0.15, -0.1) is 10.2 Å². The van der Waals surface area contributed by atoms with Crippen LogP contribution in [0.25, 0.3) is 0 Å². The molecule has 2 rings (SSSR count). The van der Waals surface area contributed by atoms with Crippen LogP contribution < -0.4 is 10.6 Å². The summed E-state index contributed by atoms with van der Waals surface area (Å²) in [7, 11) is 0. The van der Waals surface area contributed by atoms with Gasteiger partial charge in [0.25, 0.3) is 5.91 Å². The van der Waals surface area contributed by atoms with Gasteiger partial charge >= 0.3 is 0 Å². The van der Waals surface area contributed by atoms with Crippen LogP contribution in [0.1, 0.15) is 48.5 Å². The van der Waals surface area contributed by atoms with E-state index in [2.05, 4.69) is 20.8 Å². The maximum atomic E-state index is 12.1. The molecular weight excluding hydrogens is 292 g/mol. The number of hydrogen-bond acceptors (Lipinski definition) is 5. The van der Waals surface area contributed by atoms with Gasteiger partial charge in [0.15, 0.2) is 11.5 Å². The number of nitrogens with one attached hydrogen (secondary N) is 2. The molecule has 1 aromatic heterocycles. The summed E-state index contributed by atoms with van der Waals surface area (Å²) in [4.78, 5) is 23.3. The third-order valence-electron chi connectivity index (χ3n) is 2.95. The van der Waals surface area contributed by atoms with Crippen molar-refractivity contribution in [1.29, 1.82) is 0 Å². The number of anilines is 2. The SMILES string of the molecule is CC(=O)c1ccc(NC(=O)c2ccc(NC(C)(C)C)nn2)cc1. The lowest BCUT2D eigenvalue weighted by Gasteiger charge is -2.20. The molecule has 0 unspecified atom stereocenters. The van der Waals surface area contributed by atoms with Crippen molar-refractivity contribution in [2.24, 2.45) is 0 Å². The van der Waals surface area contributed by atoms with Crippen LogP contribution in [-0.2, 0) is 0 Å². The Bertz CT molecular complexity index is 701. The highest BCUT2D eigenvalue weighted by Gasteiger charge is 2.12. The van der Waals surface area contributed by atoms with E-state index >= 15 is 0 Å². The molecule has 23 heavy (non-hydrogen) atoms. The van der Waals surface area contributed by atoms with E-state index in [1.165, 1.54) is 6.92 Å². The molecule has 1 heterocycles. The van der Waals surface area contributed by atoms with Gasteiger partial charge in [-0.25, -0.2) is 0 Å². The summed E-state index contributed by atoms with van der Waals surface area (Å²) in [6.07, 6.45) is 0. The average Bonchev–Trinajstić information content (AvgIpc) is 2.46. The van der Waals surface area contributed by atoms with Crippen LogP contribution in [0.3, 0.4) is 0 Å². The number of carbonyl (C=O) groups is 2. The number of amides is 1. The molecule has 120 valence electrons. The Labute approximate surface area is 135 Å². The molecule has 0 fully saturated rings. The smallest absolute Gasteiger partial charge is 0.276 e. The zero-order valence-corrected chi connectivity index (χ0v) is 13.7. The van der Waals surface area contributed by atoms with Crippen LogP contribution in [0.15, 0.2) is 36.4 Å². The van der Waals surface area contributed by atoms with Gasteiger partial charge < -0.3 is 10.6 Å². The molecular formula is C17H20N4O2. The first-order valence-corrected chi connectivity index (χ1v) is 7.29. The van der Waals surface area contributed by atoms with Crippen LogP contribution in [-0.4, -0.2) is 27.4 Å². The number of nitrogens with zero attached hydrogens (tertiary/aromatic N) is 2. The molecule has 0 atom stereocenters. The quantitative estimate of drug-likeness (QED) is 0.847. The summed E-state index contributed by atoms with van der Waals surface area (Å²) in [5.41, 5.74) is 1.29. The predicted octanol–water partition coefficient (Wildman–Crippen LogP) is 3.14. The van der Waals surface area contributed by atoms with E-state index in [1.54, 1.807) is 36.4 Å². The third-order valence-corrected chi connectivity index (χ3v) is 2.95. The maximum Gasteiger partial charge on any atom is 0.276 e. The Morgan fingerprint density at radius 2 is 1.61 bits per heavy atom. The second kappa shape index (κ2) is 6.56. The molecule has 6 heteroatoms. The van der Waals surface area contributed by atoms with Gasteiger partial charge in [0, 0.05) is 16.8 Å². The normalized spacial score (nSPS) is 11.0. The first-order valence-electron chi connectivity index (χ1n) is 7.29. The van der Waals surface area contributed by atoms with Crippen LogP contribution in [0.5, 0.6) is 0 Å². The van der Waals surface area contributed by atoms with Crippen LogP contribution in [0.2, 0.25) is 0 Å². The van der Waals surface area contributed by atoms with Gasteiger partial charge in [-0.2, -0.15) is 0 Å². The molecule has 0 aliphatic rings. The fourth-order valence-electron chi connectivity index (χ4n) is 1.89. The zero-order valence-electron chi connectivity index (χ0n) is 13.7. The van der Waals surface area contributed by atoms with E-state index in [-0.39, 0.29) is 22.9 Å². The molecule has 0 bridgehead atoms. The van der Waals surface area contributed by atoms with Gasteiger partial charge in [0.05, 0.1) is 0 Å². The molecule has 0 spiro atoms. The summed E-state index contributed by atoms with van der Waals surface area (Å²) >= 11 is 0. The van der Waals surface area contributed by atoms with Gasteiger partial charge in [-0.3, -0.25) is 9.59 Å². The Hall–Kier alpha value is -2.76. The standard InChI is InChI=1S/C17H20N4O2/c1-11(22)12-5-7-13(8-6-12)18-16(23)14-9-10-15(21-20-14)19-17(2,3)4/h5-10H,1-4H3,(H,18,23)(H,19,21). The van der Waals surface area contributed by atoms with Crippen molar-refractivity contribution in [3.63, 3.8) is 0 Å². The van der Waals surface area contributed by atoms with Gasteiger partial charge in [0.2, 0.25) is 0 Å². The van der Waals surface area contributed by atoms with Gasteiger partial charge in [0.1, 0.15) is 5.82 Å². The third kappa shape index (κ3) is 4.88. The minimum absolute atomic E-state index is 0.0179. The summed E-state index contributed by atoms with van der Waals surface area (Å²) in [5, 5.41) is 13.8. The number of Topliss-reactive ketones (excluding diaryl/α,β-unsaturated/α-hetero) is 1. The van der Waals surface area contributed by atoms with Crippen LogP contribution in [0, 0.1) is 0 Å². The van der Waals surface area contributed by atoms with Gasteiger partial charge in [-0.1, -0.05) is 0 Å².